The minimum absolute atomic E-state index is 0.682. The highest BCUT2D eigenvalue weighted by Gasteiger charge is 2.39. The summed E-state index contributed by atoms with van der Waals surface area (Å²) in [6.45, 7) is 9.38. The van der Waals surface area contributed by atoms with Crippen molar-refractivity contribution in [2.24, 2.45) is 11.8 Å². The number of hydrogen-bond donors (Lipinski definition) is 1. The van der Waals surface area contributed by atoms with E-state index in [-0.39, 0.29) is 0 Å². The van der Waals surface area contributed by atoms with Crippen molar-refractivity contribution < 1.29 is 0 Å². The van der Waals surface area contributed by atoms with Crippen molar-refractivity contribution in [1.29, 1.82) is 0 Å². The number of fused-ring (bicyclic) bond motifs is 2. The molecular weight excluding hydrogens is 244 g/mol. The molecule has 1 aromatic carbocycles. The molecule has 1 aromatic rings. The molecule has 0 radical (unpaired) electrons. The topological polar surface area (TPSA) is 15.3 Å². The third-order valence-electron chi connectivity index (χ3n) is 5.22. The summed E-state index contributed by atoms with van der Waals surface area (Å²) in [5.41, 5.74) is 2.64. The fourth-order valence-corrected chi connectivity index (χ4v) is 3.97. The standard InChI is InChI=1S/C18H28N2/c1-13(2)20-11-15-5-4-6-16(12-20)18(15)19-17-9-7-14(3)8-10-17/h7-10,13,15-16,18-19H,4-6,11-12H2,1-3H3. The molecule has 2 aliphatic rings. The van der Waals surface area contributed by atoms with Crippen LogP contribution in [0.1, 0.15) is 38.7 Å². The van der Waals surface area contributed by atoms with Crippen molar-refractivity contribution >= 4 is 5.69 Å². The van der Waals surface area contributed by atoms with Gasteiger partial charge >= 0.3 is 0 Å². The zero-order chi connectivity index (χ0) is 14.1. The average Bonchev–Trinajstić information content (AvgIpc) is 2.40. The highest BCUT2D eigenvalue weighted by molar-refractivity contribution is 5.45. The van der Waals surface area contributed by atoms with E-state index < -0.39 is 0 Å². The molecule has 1 aliphatic heterocycles. The van der Waals surface area contributed by atoms with Crippen LogP contribution in [0.2, 0.25) is 0 Å². The SMILES string of the molecule is Cc1ccc(NC2C3CCCC2CN(C(C)C)C3)cc1. The van der Waals surface area contributed by atoms with Crippen LogP contribution in [-0.4, -0.2) is 30.1 Å². The van der Waals surface area contributed by atoms with Gasteiger partial charge in [0.1, 0.15) is 0 Å². The van der Waals surface area contributed by atoms with Crippen LogP contribution in [0.4, 0.5) is 5.69 Å². The van der Waals surface area contributed by atoms with E-state index >= 15 is 0 Å². The fourth-order valence-electron chi connectivity index (χ4n) is 3.97. The zero-order valence-corrected chi connectivity index (χ0v) is 13.1. The summed E-state index contributed by atoms with van der Waals surface area (Å²) >= 11 is 0. The molecule has 2 bridgehead atoms. The number of piperidine rings is 1. The van der Waals surface area contributed by atoms with Gasteiger partial charge in [0.2, 0.25) is 0 Å². The zero-order valence-electron chi connectivity index (χ0n) is 13.1. The van der Waals surface area contributed by atoms with Crippen LogP contribution in [0, 0.1) is 18.8 Å². The van der Waals surface area contributed by atoms with Crippen LogP contribution in [-0.2, 0) is 0 Å². The van der Waals surface area contributed by atoms with Crippen LogP contribution in [0.3, 0.4) is 0 Å². The van der Waals surface area contributed by atoms with Crippen molar-refractivity contribution in [3.63, 3.8) is 0 Å². The number of anilines is 1. The summed E-state index contributed by atoms with van der Waals surface area (Å²) < 4.78 is 0. The van der Waals surface area contributed by atoms with Crippen molar-refractivity contribution in [1.82, 2.24) is 4.90 Å². The summed E-state index contributed by atoms with van der Waals surface area (Å²) in [4.78, 5) is 2.68. The number of hydrogen-bond acceptors (Lipinski definition) is 2. The number of rotatable bonds is 3. The molecule has 1 aliphatic carbocycles. The van der Waals surface area contributed by atoms with Crippen LogP contribution in [0.15, 0.2) is 24.3 Å². The summed E-state index contributed by atoms with van der Waals surface area (Å²) in [6, 6.07) is 10.3. The second-order valence-corrected chi connectivity index (χ2v) is 7.03. The maximum atomic E-state index is 3.84. The number of nitrogens with zero attached hydrogens (tertiary/aromatic N) is 1. The quantitative estimate of drug-likeness (QED) is 0.897. The lowest BCUT2D eigenvalue weighted by Crippen LogP contribution is -2.56. The Labute approximate surface area is 123 Å². The monoisotopic (exact) mass is 272 g/mol. The van der Waals surface area contributed by atoms with E-state index in [1.165, 1.54) is 43.6 Å². The first-order valence-electron chi connectivity index (χ1n) is 8.21. The lowest BCUT2D eigenvalue weighted by molar-refractivity contribution is 0.0518. The molecule has 1 saturated heterocycles. The van der Waals surface area contributed by atoms with Gasteiger partial charge in [-0.1, -0.05) is 24.1 Å². The first kappa shape index (κ1) is 13.9. The van der Waals surface area contributed by atoms with E-state index in [9.17, 15) is 0 Å². The molecule has 0 amide bonds. The van der Waals surface area contributed by atoms with Gasteiger partial charge in [0.15, 0.2) is 0 Å². The van der Waals surface area contributed by atoms with Gasteiger partial charge in [-0.3, -0.25) is 0 Å². The Bertz CT molecular complexity index is 423. The molecule has 2 unspecified atom stereocenters. The van der Waals surface area contributed by atoms with Gasteiger partial charge in [-0.2, -0.15) is 0 Å². The molecule has 1 heterocycles. The fraction of sp³-hybridized carbons (Fsp3) is 0.667. The first-order valence-corrected chi connectivity index (χ1v) is 8.21. The maximum absolute atomic E-state index is 3.84. The smallest absolute Gasteiger partial charge is 0.0342 e. The Morgan fingerprint density at radius 2 is 1.65 bits per heavy atom. The Morgan fingerprint density at radius 1 is 1.05 bits per heavy atom. The van der Waals surface area contributed by atoms with Gasteiger partial charge < -0.3 is 10.2 Å². The molecule has 1 saturated carbocycles. The van der Waals surface area contributed by atoms with Crippen molar-refractivity contribution in [2.75, 3.05) is 18.4 Å². The Kier molecular flexibility index (Phi) is 4.02. The molecule has 2 nitrogen and oxygen atoms in total. The molecule has 20 heavy (non-hydrogen) atoms. The van der Waals surface area contributed by atoms with Gasteiger partial charge in [0, 0.05) is 30.9 Å². The van der Waals surface area contributed by atoms with Crippen LogP contribution in [0.25, 0.3) is 0 Å². The molecule has 2 fully saturated rings. The van der Waals surface area contributed by atoms with E-state index in [1.807, 2.05) is 0 Å². The highest BCUT2D eigenvalue weighted by Crippen LogP contribution is 2.37. The maximum Gasteiger partial charge on any atom is 0.0342 e. The largest absolute Gasteiger partial charge is 0.382 e. The molecule has 110 valence electrons. The minimum atomic E-state index is 0.682. The Hall–Kier alpha value is -1.02. The number of aryl methyl sites for hydroxylation is 1. The predicted molar refractivity (Wildman–Crippen MR) is 86.1 cm³/mol. The number of benzene rings is 1. The normalized spacial score (nSPS) is 30.5. The Morgan fingerprint density at radius 3 is 2.20 bits per heavy atom. The van der Waals surface area contributed by atoms with Crippen molar-refractivity contribution in [3.8, 4) is 0 Å². The summed E-state index contributed by atoms with van der Waals surface area (Å²) in [7, 11) is 0. The average molecular weight is 272 g/mol. The van der Waals surface area contributed by atoms with Gasteiger partial charge in [-0.15, -0.1) is 0 Å². The summed E-state index contributed by atoms with van der Waals surface area (Å²) in [5, 5.41) is 3.84. The lowest BCUT2D eigenvalue weighted by atomic mass is 9.73. The van der Waals surface area contributed by atoms with E-state index in [0.29, 0.717) is 12.1 Å². The molecule has 1 N–H and O–H groups in total. The second kappa shape index (κ2) is 5.77. The number of likely N-dealkylation sites (tertiary alicyclic amines) is 1. The van der Waals surface area contributed by atoms with Crippen LogP contribution >= 0.6 is 0 Å². The molecule has 2 heteroatoms. The van der Waals surface area contributed by atoms with Gasteiger partial charge in [0.25, 0.3) is 0 Å². The van der Waals surface area contributed by atoms with E-state index in [0.717, 1.165) is 11.8 Å². The van der Waals surface area contributed by atoms with Gasteiger partial charge in [0.05, 0.1) is 0 Å². The number of nitrogens with one attached hydrogen (secondary N) is 1. The van der Waals surface area contributed by atoms with E-state index in [2.05, 4.69) is 55.3 Å². The lowest BCUT2D eigenvalue weighted by Gasteiger charge is -2.49. The molecule has 0 aromatic heterocycles. The molecule has 2 atom stereocenters. The third kappa shape index (κ3) is 2.85. The first-order chi connectivity index (χ1) is 9.63. The molecule has 3 rings (SSSR count). The minimum Gasteiger partial charge on any atom is -0.382 e. The second-order valence-electron chi connectivity index (χ2n) is 7.03. The summed E-state index contributed by atoms with van der Waals surface area (Å²) in [6.07, 6.45) is 4.21. The molecular formula is C18H28N2. The summed E-state index contributed by atoms with van der Waals surface area (Å²) in [5.74, 6) is 1.65. The highest BCUT2D eigenvalue weighted by atomic mass is 15.2. The van der Waals surface area contributed by atoms with Crippen LogP contribution < -0.4 is 5.32 Å². The van der Waals surface area contributed by atoms with Crippen molar-refractivity contribution in [2.45, 2.75) is 52.1 Å². The third-order valence-corrected chi connectivity index (χ3v) is 5.22. The van der Waals surface area contributed by atoms with Crippen molar-refractivity contribution in [3.05, 3.63) is 29.8 Å². The Balaban J connectivity index is 1.72. The van der Waals surface area contributed by atoms with Gasteiger partial charge in [-0.05, 0) is 57.6 Å². The van der Waals surface area contributed by atoms with Gasteiger partial charge in [-0.25, -0.2) is 0 Å². The van der Waals surface area contributed by atoms with Crippen LogP contribution in [0.5, 0.6) is 0 Å². The predicted octanol–water partition coefficient (Wildman–Crippen LogP) is 3.92. The molecule has 0 spiro atoms. The van der Waals surface area contributed by atoms with E-state index in [4.69, 9.17) is 0 Å². The van der Waals surface area contributed by atoms with E-state index in [1.54, 1.807) is 0 Å².